The van der Waals surface area contributed by atoms with Gasteiger partial charge in [-0.15, -0.1) is 0 Å². The van der Waals surface area contributed by atoms with E-state index in [1.165, 1.54) is 0 Å². The molecule has 0 aliphatic carbocycles. The first-order chi connectivity index (χ1) is 13.9. The van der Waals surface area contributed by atoms with Gasteiger partial charge in [0.25, 0.3) is 5.91 Å². The van der Waals surface area contributed by atoms with Crippen molar-refractivity contribution < 1.29 is 28.6 Å². The maximum absolute atomic E-state index is 11.9. The summed E-state index contributed by atoms with van der Waals surface area (Å²) in [5.74, 6) is -0.327. The van der Waals surface area contributed by atoms with E-state index in [2.05, 4.69) is 10.6 Å². The van der Waals surface area contributed by atoms with Crippen molar-refractivity contribution in [1.29, 1.82) is 0 Å². The van der Waals surface area contributed by atoms with Crippen LogP contribution < -0.4 is 20.1 Å². The lowest BCUT2D eigenvalue weighted by Gasteiger charge is -2.11. The quantitative estimate of drug-likeness (QED) is 0.661. The first-order valence-electron chi connectivity index (χ1n) is 9.07. The molecule has 0 aliphatic rings. The van der Waals surface area contributed by atoms with Crippen molar-refractivity contribution in [3.63, 3.8) is 0 Å². The molecule has 8 heteroatoms. The third kappa shape index (κ3) is 7.17. The molecule has 0 atom stereocenters. The molecule has 0 bridgehead atoms. The predicted molar refractivity (Wildman–Crippen MR) is 107 cm³/mol. The Morgan fingerprint density at radius 3 is 2.21 bits per heavy atom. The monoisotopic (exact) mass is 400 g/mol. The van der Waals surface area contributed by atoms with E-state index < -0.39 is 24.5 Å². The maximum Gasteiger partial charge on any atom is 0.344 e. The molecule has 2 N–H and O–H groups in total. The fraction of sp³-hybridized carbons (Fsp3) is 0.286. The highest BCUT2D eigenvalue weighted by Gasteiger charge is 2.13. The minimum Gasteiger partial charge on any atom is -0.494 e. The smallest absolute Gasteiger partial charge is 0.344 e. The zero-order chi connectivity index (χ0) is 21.2. The summed E-state index contributed by atoms with van der Waals surface area (Å²) in [6.07, 6.45) is 0. The Kier molecular flexibility index (Phi) is 8.02. The number of carbonyl (C=O) groups excluding carboxylic acids is 3. The Bertz CT molecular complexity index is 864. The molecule has 3 amide bonds. The lowest BCUT2D eigenvalue weighted by molar-refractivity contribution is -0.150. The molecule has 2 rings (SSSR count). The number of imide groups is 1. The van der Waals surface area contributed by atoms with E-state index >= 15 is 0 Å². The number of benzene rings is 2. The Labute approximate surface area is 169 Å². The van der Waals surface area contributed by atoms with Gasteiger partial charge in [-0.2, -0.15) is 0 Å². The molecule has 2 aromatic rings. The van der Waals surface area contributed by atoms with Crippen molar-refractivity contribution in [2.75, 3.05) is 25.1 Å². The van der Waals surface area contributed by atoms with E-state index in [0.29, 0.717) is 23.8 Å². The van der Waals surface area contributed by atoms with Gasteiger partial charge in [0.2, 0.25) is 0 Å². The molecular formula is C21H24N2O6. The Balaban J connectivity index is 1.70. The predicted octanol–water partition coefficient (Wildman–Crippen LogP) is 2.97. The van der Waals surface area contributed by atoms with E-state index in [1.807, 2.05) is 26.8 Å². The molecule has 2 aromatic carbocycles. The molecule has 0 saturated carbocycles. The van der Waals surface area contributed by atoms with Crippen LogP contribution in [0.1, 0.15) is 18.1 Å². The van der Waals surface area contributed by atoms with Gasteiger partial charge in [-0.1, -0.05) is 12.1 Å². The zero-order valence-corrected chi connectivity index (χ0v) is 16.6. The van der Waals surface area contributed by atoms with Crippen LogP contribution in [0.25, 0.3) is 0 Å². The number of rotatable bonds is 8. The lowest BCUT2D eigenvalue weighted by Crippen LogP contribution is -2.37. The second-order valence-electron chi connectivity index (χ2n) is 6.10. The summed E-state index contributed by atoms with van der Waals surface area (Å²) >= 11 is 0. The van der Waals surface area contributed by atoms with E-state index in [4.69, 9.17) is 14.2 Å². The van der Waals surface area contributed by atoms with Crippen molar-refractivity contribution in [1.82, 2.24) is 5.32 Å². The summed E-state index contributed by atoms with van der Waals surface area (Å²) in [5.41, 5.74) is 2.50. The minimum atomic E-state index is -0.748. The molecule has 0 radical (unpaired) electrons. The topological polar surface area (TPSA) is 103 Å². The van der Waals surface area contributed by atoms with E-state index in [1.54, 1.807) is 36.4 Å². The van der Waals surface area contributed by atoms with Crippen molar-refractivity contribution >= 4 is 23.6 Å². The molecule has 29 heavy (non-hydrogen) atoms. The molecule has 0 aromatic heterocycles. The normalized spacial score (nSPS) is 10.0. The maximum atomic E-state index is 11.9. The average Bonchev–Trinajstić information content (AvgIpc) is 2.69. The summed E-state index contributed by atoms with van der Waals surface area (Å²) < 4.78 is 15.4. The highest BCUT2D eigenvalue weighted by Crippen LogP contribution is 2.18. The molecule has 0 spiro atoms. The first-order valence-corrected chi connectivity index (χ1v) is 9.07. The Morgan fingerprint density at radius 1 is 0.897 bits per heavy atom. The number of amides is 3. The lowest BCUT2D eigenvalue weighted by atomic mass is 10.1. The summed E-state index contributed by atoms with van der Waals surface area (Å²) in [7, 11) is 0. The van der Waals surface area contributed by atoms with Gasteiger partial charge in [-0.05, 0) is 62.2 Å². The number of nitrogens with one attached hydrogen (secondary N) is 2. The van der Waals surface area contributed by atoms with E-state index in [9.17, 15) is 14.4 Å². The summed E-state index contributed by atoms with van der Waals surface area (Å²) in [4.78, 5) is 35.4. The minimum absolute atomic E-state index is 0.365. The number of hydrogen-bond donors (Lipinski definition) is 2. The van der Waals surface area contributed by atoms with E-state index in [0.717, 1.165) is 11.1 Å². The van der Waals surface area contributed by atoms with Crippen LogP contribution in [0.4, 0.5) is 10.5 Å². The van der Waals surface area contributed by atoms with Gasteiger partial charge in [0, 0.05) is 5.69 Å². The number of aryl methyl sites for hydroxylation is 1. The zero-order valence-electron chi connectivity index (χ0n) is 16.6. The van der Waals surface area contributed by atoms with Gasteiger partial charge in [-0.25, -0.2) is 9.59 Å². The van der Waals surface area contributed by atoms with Crippen LogP contribution in [-0.4, -0.2) is 37.7 Å². The highest BCUT2D eigenvalue weighted by molar-refractivity contribution is 6.02. The molecule has 8 nitrogen and oxygen atoms in total. The number of hydrogen-bond acceptors (Lipinski definition) is 6. The summed E-state index contributed by atoms with van der Waals surface area (Å²) in [5, 5.41) is 4.68. The molecule has 0 heterocycles. The Morgan fingerprint density at radius 2 is 1.55 bits per heavy atom. The third-order valence-electron chi connectivity index (χ3n) is 3.96. The van der Waals surface area contributed by atoms with Gasteiger partial charge < -0.3 is 19.5 Å². The summed E-state index contributed by atoms with van der Waals surface area (Å²) in [6, 6.07) is 11.5. The van der Waals surface area contributed by atoms with Crippen molar-refractivity contribution in [2.45, 2.75) is 20.8 Å². The van der Waals surface area contributed by atoms with Crippen LogP contribution >= 0.6 is 0 Å². The van der Waals surface area contributed by atoms with Crippen LogP contribution in [0.2, 0.25) is 0 Å². The fourth-order valence-corrected chi connectivity index (χ4v) is 2.33. The summed E-state index contributed by atoms with van der Waals surface area (Å²) in [6.45, 7) is 5.25. The fourth-order valence-electron chi connectivity index (χ4n) is 2.33. The third-order valence-corrected chi connectivity index (χ3v) is 3.96. The number of carbonyl (C=O) groups is 3. The molecular weight excluding hydrogens is 376 g/mol. The van der Waals surface area contributed by atoms with Crippen molar-refractivity contribution in [3.8, 4) is 11.5 Å². The van der Waals surface area contributed by atoms with Gasteiger partial charge in [-0.3, -0.25) is 10.1 Å². The van der Waals surface area contributed by atoms with Gasteiger partial charge in [0.05, 0.1) is 6.61 Å². The van der Waals surface area contributed by atoms with E-state index in [-0.39, 0.29) is 6.61 Å². The SMILES string of the molecule is CCOc1ccc(OCC(=O)OCC(=O)NC(=O)Nc2cccc(C)c2C)cc1. The van der Waals surface area contributed by atoms with Gasteiger partial charge >= 0.3 is 12.0 Å². The number of esters is 1. The van der Waals surface area contributed by atoms with Crippen molar-refractivity contribution in [2.24, 2.45) is 0 Å². The first kappa shape index (κ1) is 21.7. The molecule has 0 unspecified atom stereocenters. The van der Waals surface area contributed by atoms with Crippen LogP contribution in [-0.2, 0) is 14.3 Å². The second-order valence-corrected chi connectivity index (χ2v) is 6.10. The van der Waals surface area contributed by atoms with Crippen molar-refractivity contribution in [3.05, 3.63) is 53.6 Å². The molecule has 0 saturated heterocycles. The number of ether oxygens (including phenoxy) is 3. The van der Waals surface area contributed by atoms with Crippen LogP contribution in [0.3, 0.4) is 0 Å². The largest absolute Gasteiger partial charge is 0.494 e. The highest BCUT2D eigenvalue weighted by atomic mass is 16.6. The molecule has 154 valence electrons. The average molecular weight is 400 g/mol. The second kappa shape index (κ2) is 10.7. The number of anilines is 1. The standard InChI is InChI=1S/C21H24N2O6/c1-4-27-16-8-10-17(11-9-16)28-13-20(25)29-12-19(24)23-21(26)22-18-7-5-6-14(2)15(18)3/h5-11H,4,12-13H2,1-3H3,(H2,22,23,24,26). The van der Waals surface area contributed by atoms with Gasteiger partial charge in [0.15, 0.2) is 13.2 Å². The van der Waals surface area contributed by atoms with Crippen LogP contribution in [0.15, 0.2) is 42.5 Å². The molecule has 0 fully saturated rings. The van der Waals surface area contributed by atoms with Crippen LogP contribution in [0, 0.1) is 13.8 Å². The van der Waals surface area contributed by atoms with Gasteiger partial charge in [0.1, 0.15) is 11.5 Å². The number of urea groups is 1. The Hall–Kier alpha value is -3.55. The molecule has 0 aliphatic heterocycles. The van der Waals surface area contributed by atoms with Crippen LogP contribution in [0.5, 0.6) is 11.5 Å².